The molecule has 1 saturated heterocycles. The maximum Gasteiger partial charge on any atom is 0.317 e. The summed E-state index contributed by atoms with van der Waals surface area (Å²) >= 11 is 0. The first kappa shape index (κ1) is 11.5. The maximum absolute atomic E-state index is 12.2. The summed E-state index contributed by atoms with van der Waals surface area (Å²) < 4.78 is 0. The second-order valence-corrected chi connectivity index (χ2v) is 5.08. The molecule has 2 aliphatic rings. The van der Waals surface area contributed by atoms with Crippen LogP contribution in [-0.4, -0.2) is 36.6 Å². The number of amides is 2. The van der Waals surface area contributed by atoms with Crippen molar-refractivity contribution in [3.8, 4) is 0 Å². The van der Waals surface area contributed by atoms with E-state index in [1.807, 2.05) is 11.0 Å². The molecule has 2 heterocycles. The minimum Gasteiger partial charge on any atom is -0.334 e. The number of fused-ring (bicyclic) bond motifs is 1. The quantitative estimate of drug-likeness (QED) is 0.778. The fraction of sp³-hybridized carbons (Fsp3) is 0.500. The summed E-state index contributed by atoms with van der Waals surface area (Å²) in [5.74, 6) is 0. The first-order chi connectivity index (χ1) is 8.83. The molecule has 0 aliphatic carbocycles. The van der Waals surface area contributed by atoms with Crippen LogP contribution in [0.15, 0.2) is 24.3 Å². The van der Waals surface area contributed by atoms with Gasteiger partial charge in [0.2, 0.25) is 0 Å². The van der Waals surface area contributed by atoms with Gasteiger partial charge in [-0.05, 0) is 30.5 Å². The Hall–Kier alpha value is -1.55. The molecule has 18 heavy (non-hydrogen) atoms. The van der Waals surface area contributed by atoms with Crippen LogP contribution >= 0.6 is 0 Å². The highest BCUT2D eigenvalue weighted by Crippen LogP contribution is 2.18. The van der Waals surface area contributed by atoms with E-state index in [9.17, 15) is 4.79 Å². The summed E-state index contributed by atoms with van der Waals surface area (Å²) in [6.07, 6.45) is 2.00. The minimum atomic E-state index is 0.0817. The highest BCUT2D eigenvalue weighted by molar-refractivity contribution is 5.75. The Morgan fingerprint density at radius 3 is 2.94 bits per heavy atom. The zero-order chi connectivity index (χ0) is 12.4. The first-order valence-corrected chi connectivity index (χ1v) is 6.66. The minimum absolute atomic E-state index is 0.0817. The molecule has 2 aliphatic heterocycles. The Bertz CT molecular complexity index is 440. The molecule has 0 spiro atoms. The van der Waals surface area contributed by atoms with Crippen molar-refractivity contribution in [2.45, 2.75) is 25.4 Å². The largest absolute Gasteiger partial charge is 0.334 e. The van der Waals surface area contributed by atoms with Crippen molar-refractivity contribution < 1.29 is 4.79 Å². The molecule has 1 aromatic rings. The van der Waals surface area contributed by atoms with Crippen LogP contribution in [0.2, 0.25) is 0 Å². The van der Waals surface area contributed by atoms with Crippen LogP contribution in [0.1, 0.15) is 17.5 Å². The van der Waals surface area contributed by atoms with E-state index in [0.717, 1.165) is 39.0 Å². The summed E-state index contributed by atoms with van der Waals surface area (Å²) in [5.41, 5.74) is 2.66. The first-order valence-electron chi connectivity index (χ1n) is 6.66. The number of urea groups is 1. The van der Waals surface area contributed by atoms with Crippen LogP contribution < -0.4 is 10.6 Å². The van der Waals surface area contributed by atoms with Gasteiger partial charge in [0.25, 0.3) is 0 Å². The summed E-state index contributed by atoms with van der Waals surface area (Å²) in [4.78, 5) is 14.1. The van der Waals surface area contributed by atoms with Gasteiger partial charge in [0.05, 0.1) is 0 Å². The molecular formula is C14H19N3O. The monoisotopic (exact) mass is 245 g/mol. The van der Waals surface area contributed by atoms with E-state index in [-0.39, 0.29) is 6.03 Å². The number of benzene rings is 1. The zero-order valence-electron chi connectivity index (χ0n) is 10.5. The van der Waals surface area contributed by atoms with Gasteiger partial charge in [-0.2, -0.15) is 0 Å². The highest BCUT2D eigenvalue weighted by atomic mass is 16.2. The molecule has 1 aromatic carbocycles. The Morgan fingerprint density at radius 1 is 1.33 bits per heavy atom. The van der Waals surface area contributed by atoms with E-state index in [4.69, 9.17) is 0 Å². The molecule has 4 heteroatoms. The number of nitrogens with one attached hydrogen (secondary N) is 2. The fourth-order valence-corrected chi connectivity index (χ4v) is 2.71. The molecule has 4 nitrogen and oxygen atoms in total. The van der Waals surface area contributed by atoms with Crippen LogP contribution in [0.4, 0.5) is 4.79 Å². The van der Waals surface area contributed by atoms with Crippen molar-refractivity contribution in [1.29, 1.82) is 0 Å². The third-order valence-electron chi connectivity index (χ3n) is 3.81. The molecule has 96 valence electrons. The molecule has 2 amide bonds. The zero-order valence-corrected chi connectivity index (χ0v) is 10.5. The third-order valence-corrected chi connectivity index (χ3v) is 3.81. The highest BCUT2D eigenvalue weighted by Gasteiger charge is 2.23. The number of hydrogen-bond donors (Lipinski definition) is 2. The second kappa shape index (κ2) is 4.98. The van der Waals surface area contributed by atoms with Crippen molar-refractivity contribution in [3.63, 3.8) is 0 Å². The van der Waals surface area contributed by atoms with Gasteiger partial charge in [-0.3, -0.25) is 0 Å². The lowest BCUT2D eigenvalue weighted by atomic mass is 10.0. The van der Waals surface area contributed by atoms with E-state index >= 15 is 0 Å². The normalized spacial score (nSPS) is 22.7. The van der Waals surface area contributed by atoms with Gasteiger partial charge >= 0.3 is 6.03 Å². The average Bonchev–Trinajstić information content (AvgIpc) is 2.91. The molecule has 2 N–H and O–H groups in total. The van der Waals surface area contributed by atoms with Gasteiger partial charge in [-0.1, -0.05) is 24.3 Å². The Morgan fingerprint density at radius 2 is 2.17 bits per heavy atom. The maximum atomic E-state index is 12.2. The van der Waals surface area contributed by atoms with Gasteiger partial charge in [0, 0.05) is 25.7 Å². The summed E-state index contributed by atoms with van der Waals surface area (Å²) in [5, 5.41) is 6.37. The molecule has 0 aromatic heterocycles. The van der Waals surface area contributed by atoms with Gasteiger partial charge < -0.3 is 15.5 Å². The molecule has 0 saturated carbocycles. The third kappa shape index (κ3) is 2.34. The van der Waals surface area contributed by atoms with E-state index < -0.39 is 0 Å². The molecule has 1 fully saturated rings. The lowest BCUT2D eigenvalue weighted by Crippen LogP contribution is -2.47. The molecule has 1 atom stereocenters. The SMILES string of the molecule is O=C(NC1CCNC1)N1CCc2ccccc2C1. The second-order valence-electron chi connectivity index (χ2n) is 5.08. The van der Waals surface area contributed by atoms with Crippen molar-refractivity contribution in [3.05, 3.63) is 35.4 Å². The molecule has 3 rings (SSSR count). The van der Waals surface area contributed by atoms with Crippen molar-refractivity contribution in [2.24, 2.45) is 0 Å². The predicted octanol–water partition coefficient (Wildman–Crippen LogP) is 1.12. The number of hydrogen-bond acceptors (Lipinski definition) is 2. The van der Waals surface area contributed by atoms with Crippen molar-refractivity contribution in [2.75, 3.05) is 19.6 Å². The summed E-state index contributed by atoms with van der Waals surface area (Å²) in [6.45, 7) is 3.47. The molecule has 0 bridgehead atoms. The fourth-order valence-electron chi connectivity index (χ4n) is 2.71. The van der Waals surface area contributed by atoms with Gasteiger partial charge in [0.1, 0.15) is 0 Å². The van der Waals surface area contributed by atoms with Crippen molar-refractivity contribution >= 4 is 6.03 Å². The van der Waals surface area contributed by atoms with E-state index in [2.05, 4.69) is 28.8 Å². The van der Waals surface area contributed by atoms with Crippen LogP contribution in [0, 0.1) is 0 Å². The van der Waals surface area contributed by atoms with Crippen LogP contribution in [-0.2, 0) is 13.0 Å². The van der Waals surface area contributed by atoms with Gasteiger partial charge in [-0.15, -0.1) is 0 Å². The average molecular weight is 245 g/mol. The standard InChI is InChI=1S/C14H19N3O/c18-14(16-13-5-7-15-9-13)17-8-6-11-3-1-2-4-12(11)10-17/h1-4,13,15H,5-10H2,(H,16,18). The summed E-state index contributed by atoms with van der Waals surface area (Å²) in [6, 6.07) is 8.77. The topological polar surface area (TPSA) is 44.4 Å². The Kier molecular flexibility index (Phi) is 3.19. The van der Waals surface area contributed by atoms with Gasteiger partial charge in [0.15, 0.2) is 0 Å². The van der Waals surface area contributed by atoms with E-state index in [1.54, 1.807) is 0 Å². The van der Waals surface area contributed by atoms with Crippen molar-refractivity contribution in [1.82, 2.24) is 15.5 Å². The molecular weight excluding hydrogens is 226 g/mol. The number of rotatable bonds is 1. The number of carbonyl (C=O) groups excluding carboxylic acids is 1. The lowest BCUT2D eigenvalue weighted by molar-refractivity contribution is 0.189. The van der Waals surface area contributed by atoms with Crippen LogP contribution in [0.5, 0.6) is 0 Å². The lowest BCUT2D eigenvalue weighted by Gasteiger charge is -2.30. The van der Waals surface area contributed by atoms with E-state index in [1.165, 1.54) is 11.1 Å². The molecule has 1 unspecified atom stereocenters. The number of carbonyl (C=O) groups is 1. The van der Waals surface area contributed by atoms with Crippen LogP contribution in [0.3, 0.4) is 0 Å². The van der Waals surface area contributed by atoms with Gasteiger partial charge in [-0.25, -0.2) is 4.79 Å². The van der Waals surface area contributed by atoms with E-state index in [0.29, 0.717) is 6.04 Å². The Balaban J connectivity index is 1.62. The summed E-state index contributed by atoms with van der Waals surface area (Å²) in [7, 11) is 0. The number of nitrogens with zero attached hydrogens (tertiary/aromatic N) is 1. The smallest absolute Gasteiger partial charge is 0.317 e. The predicted molar refractivity (Wildman–Crippen MR) is 70.4 cm³/mol. The van der Waals surface area contributed by atoms with Crippen LogP contribution in [0.25, 0.3) is 0 Å². The molecule has 0 radical (unpaired) electrons. The Labute approximate surface area is 107 Å².